The Morgan fingerprint density at radius 3 is 1.71 bits per heavy atom. The molecule has 1 unspecified atom stereocenters. The second-order valence-corrected chi connectivity index (χ2v) is 10.1. The number of hydrogen-bond acceptors (Lipinski definition) is 6. The molecule has 4 aliphatic heterocycles. The van der Waals surface area contributed by atoms with Crippen LogP contribution in [0.4, 0.5) is 13.2 Å². The molecule has 4 aliphatic rings. The molecule has 4 atom stereocenters. The van der Waals surface area contributed by atoms with Crippen LogP contribution in [0.1, 0.15) is 36.0 Å². The summed E-state index contributed by atoms with van der Waals surface area (Å²) in [6, 6.07) is 13.2. The maximum absolute atomic E-state index is 12.9. The molecule has 0 aliphatic carbocycles. The van der Waals surface area contributed by atoms with E-state index in [1.807, 2.05) is 0 Å². The van der Waals surface area contributed by atoms with E-state index in [4.69, 9.17) is 24.1 Å². The summed E-state index contributed by atoms with van der Waals surface area (Å²) in [5, 5.41) is 8.72. The van der Waals surface area contributed by atoms with Gasteiger partial charge in [-0.05, 0) is 110 Å². The van der Waals surface area contributed by atoms with Gasteiger partial charge in [-0.1, -0.05) is 0 Å². The molecule has 0 radical (unpaired) electrons. The van der Waals surface area contributed by atoms with Gasteiger partial charge in [0.2, 0.25) is 0 Å². The number of aryl methyl sites for hydroxylation is 3. The molecule has 1 fully saturated rings. The van der Waals surface area contributed by atoms with E-state index >= 15 is 0 Å². The fraction of sp³-hybridized carbons (Fsp3) is 0.355. The van der Waals surface area contributed by atoms with E-state index in [0.29, 0.717) is 37.2 Å². The normalized spacial score (nSPS) is 23.1. The zero-order valence-electron chi connectivity index (χ0n) is 22.1. The SMILES string of the molecule is Fc1ccc2c(c1)CC[C@H](C1CO1)O2.O=C(O)[C@H]1CCc2cc(F)ccc2O1.O=C[C@H]1CCc2cc(F)ccc2O1. The first kappa shape index (κ1) is 28.5. The first-order chi connectivity index (χ1) is 19.8. The van der Waals surface area contributed by atoms with E-state index in [9.17, 15) is 22.8 Å². The van der Waals surface area contributed by atoms with Crippen LogP contribution in [-0.4, -0.2) is 48.4 Å². The summed E-state index contributed by atoms with van der Waals surface area (Å²) in [6.07, 6.45) is 4.17. The van der Waals surface area contributed by atoms with Crippen LogP contribution in [-0.2, 0) is 33.6 Å². The number of fused-ring (bicyclic) bond motifs is 3. The van der Waals surface area contributed by atoms with Gasteiger partial charge in [-0.2, -0.15) is 0 Å². The highest BCUT2D eigenvalue weighted by Crippen LogP contribution is 2.33. The molecule has 4 heterocycles. The van der Waals surface area contributed by atoms with Crippen molar-refractivity contribution in [2.24, 2.45) is 0 Å². The quantitative estimate of drug-likeness (QED) is 0.340. The summed E-state index contributed by atoms with van der Waals surface area (Å²) in [7, 11) is 0. The topological polar surface area (TPSA) is 94.6 Å². The van der Waals surface area contributed by atoms with Crippen molar-refractivity contribution in [3.63, 3.8) is 0 Å². The molecule has 0 amide bonds. The molecule has 41 heavy (non-hydrogen) atoms. The van der Waals surface area contributed by atoms with Gasteiger partial charge in [-0.3, -0.25) is 4.79 Å². The molecule has 0 aromatic heterocycles. The van der Waals surface area contributed by atoms with Crippen molar-refractivity contribution in [2.45, 2.75) is 62.9 Å². The van der Waals surface area contributed by atoms with E-state index in [2.05, 4.69) is 0 Å². The second-order valence-electron chi connectivity index (χ2n) is 10.1. The molecule has 0 bridgehead atoms. The predicted octanol–water partition coefficient (Wildman–Crippen LogP) is 5.24. The van der Waals surface area contributed by atoms with Crippen molar-refractivity contribution < 1.29 is 46.8 Å². The van der Waals surface area contributed by atoms with Gasteiger partial charge in [-0.15, -0.1) is 0 Å². The molecule has 3 aromatic carbocycles. The summed E-state index contributed by atoms with van der Waals surface area (Å²) in [6.45, 7) is 0.807. The summed E-state index contributed by atoms with van der Waals surface area (Å²) in [5.74, 6) is 0.189. The van der Waals surface area contributed by atoms with Crippen LogP contribution in [0.15, 0.2) is 54.6 Å². The van der Waals surface area contributed by atoms with Crippen molar-refractivity contribution in [1.29, 1.82) is 0 Å². The van der Waals surface area contributed by atoms with Crippen molar-refractivity contribution in [3.8, 4) is 17.2 Å². The van der Waals surface area contributed by atoms with Gasteiger partial charge in [0, 0.05) is 0 Å². The van der Waals surface area contributed by atoms with Gasteiger partial charge in [0.05, 0.1) is 6.61 Å². The average Bonchev–Trinajstić information content (AvgIpc) is 3.83. The third-order valence-electron chi connectivity index (χ3n) is 7.17. The Morgan fingerprint density at radius 2 is 1.20 bits per heavy atom. The number of carbonyl (C=O) groups is 2. The van der Waals surface area contributed by atoms with Crippen molar-refractivity contribution in [3.05, 3.63) is 88.7 Å². The van der Waals surface area contributed by atoms with Crippen LogP contribution in [0, 0.1) is 17.5 Å². The number of hydrogen-bond donors (Lipinski definition) is 1. The van der Waals surface area contributed by atoms with E-state index in [-0.39, 0.29) is 35.8 Å². The van der Waals surface area contributed by atoms with Crippen LogP contribution in [0.3, 0.4) is 0 Å². The third kappa shape index (κ3) is 7.38. The van der Waals surface area contributed by atoms with Crippen LogP contribution < -0.4 is 14.2 Å². The summed E-state index contributed by atoms with van der Waals surface area (Å²) in [4.78, 5) is 21.1. The number of aldehydes is 1. The summed E-state index contributed by atoms with van der Waals surface area (Å²) in [5.41, 5.74) is 2.56. The Labute approximate surface area is 234 Å². The van der Waals surface area contributed by atoms with Gasteiger partial charge < -0.3 is 24.1 Å². The van der Waals surface area contributed by atoms with Crippen molar-refractivity contribution in [1.82, 2.24) is 0 Å². The fourth-order valence-electron chi connectivity index (χ4n) is 4.92. The molecule has 3 aromatic rings. The fourth-order valence-corrected chi connectivity index (χ4v) is 4.92. The van der Waals surface area contributed by atoms with Crippen molar-refractivity contribution >= 4 is 12.3 Å². The van der Waals surface area contributed by atoms with Gasteiger partial charge in [-0.25, -0.2) is 18.0 Å². The van der Waals surface area contributed by atoms with Gasteiger partial charge in [0.1, 0.15) is 46.9 Å². The lowest BCUT2D eigenvalue weighted by Gasteiger charge is -2.24. The number of rotatable bonds is 3. The lowest BCUT2D eigenvalue weighted by atomic mass is 10.0. The average molecular weight is 571 g/mol. The Bertz CT molecular complexity index is 1410. The zero-order chi connectivity index (χ0) is 28.9. The number of halogens is 3. The number of epoxide rings is 1. The summed E-state index contributed by atoms with van der Waals surface area (Å²) >= 11 is 0. The Balaban J connectivity index is 0.000000124. The Kier molecular flexibility index (Phi) is 8.78. The second kappa shape index (κ2) is 12.6. The molecule has 7 nitrogen and oxygen atoms in total. The van der Waals surface area contributed by atoms with E-state index < -0.39 is 12.1 Å². The molecular weight excluding hydrogens is 541 g/mol. The van der Waals surface area contributed by atoms with Crippen LogP contribution in [0.5, 0.6) is 17.2 Å². The highest BCUT2D eigenvalue weighted by Gasteiger charge is 2.36. The first-order valence-corrected chi connectivity index (χ1v) is 13.4. The Morgan fingerprint density at radius 1 is 0.707 bits per heavy atom. The Hall–Kier alpha value is -4.05. The molecule has 0 saturated carbocycles. The molecule has 10 heteroatoms. The lowest BCUT2D eigenvalue weighted by Crippen LogP contribution is -2.30. The van der Waals surface area contributed by atoms with Crippen LogP contribution in [0.25, 0.3) is 0 Å². The molecule has 0 spiro atoms. The van der Waals surface area contributed by atoms with Gasteiger partial charge >= 0.3 is 5.97 Å². The van der Waals surface area contributed by atoms with Gasteiger partial charge in [0.15, 0.2) is 18.5 Å². The smallest absolute Gasteiger partial charge is 0.344 e. The molecule has 7 rings (SSSR count). The maximum atomic E-state index is 12.9. The van der Waals surface area contributed by atoms with E-state index in [0.717, 1.165) is 48.2 Å². The molecule has 1 saturated heterocycles. The number of ether oxygens (including phenoxy) is 4. The van der Waals surface area contributed by atoms with Gasteiger partial charge in [0.25, 0.3) is 0 Å². The van der Waals surface area contributed by atoms with E-state index in [1.54, 1.807) is 18.2 Å². The highest BCUT2D eigenvalue weighted by atomic mass is 19.1. The van der Waals surface area contributed by atoms with Crippen molar-refractivity contribution in [2.75, 3.05) is 6.61 Å². The molecule has 1 N–H and O–H groups in total. The standard InChI is InChI=1S/C11H11FO2.C10H9FO3.C10H9FO2/c12-8-2-4-9-7(5-8)1-3-10(14-9)11-6-13-11;11-7-2-4-8-6(5-7)1-3-9(14-8)10(12)13;11-8-2-4-10-7(5-8)1-3-9(6-12)13-10/h2,4-5,10-11H,1,3,6H2;2,4-5,9H,1,3H2,(H,12,13);2,4-6,9H,1,3H2/t10-,11?;2*9-/m111/s1. The molecular formula is C31H29F3O7. The predicted molar refractivity (Wildman–Crippen MR) is 141 cm³/mol. The van der Waals surface area contributed by atoms with Crippen LogP contribution >= 0.6 is 0 Å². The zero-order valence-corrected chi connectivity index (χ0v) is 22.1. The summed E-state index contributed by atoms with van der Waals surface area (Å²) < 4.78 is 59.8. The number of aliphatic carboxylic acids is 1. The monoisotopic (exact) mass is 570 g/mol. The third-order valence-corrected chi connectivity index (χ3v) is 7.17. The minimum absolute atomic E-state index is 0.174. The first-order valence-electron chi connectivity index (χ1n) is 13.4. The minimum Gasteiger partial charge on any atom is -0.487 e. The maximum Gasteiger partial charge on any atom is 0.344 e. The number of carboxylic acids is 1. The minimum atomic E-state index is -0.972. The lowest BCUT2D eigenvalue weighted by molar-refractivity contribution is -0.145. The highest BCUT2D eigenvalue weighted by molar-refractivity contribution is 5.73. The number of carboxylic acid groups (broad SMARTS) is 1. The van der Waals surface area contributed by atoms with Crippen LogP contribution in [0.2, 0.25) is 0 Å². The number of carbonyl (C=O) groups excluding carboxylic acids is 1. The largest absolute Gasteiger partial charge is 0.487 e. The molecule has 216 valence electrons. The van der Waals surface area contributed by atoms with E-state index in [1.165, 1.54) is 36.4 Å². The number of benzene rings is 3.